The van der Waals surface area contributed by atoms with Crippen molar-refractivity contribution in [2.24, 2.45) is 0 Å². The minimum Gasteiger partial charge on any atom is -0.302 e. The van der Waals surface area contributed by atoms with E-state index in [9.17, 15) is 9.13 Å². The van der Waals surface area contributed by atoms with Gasteiger partial charge in [-0.15, -0.1) is 6.58 Å². The average Bonchev–Trinajstić information content (AvgIpc) is 1.80. The first-order valence-electron chi connectivity index (χ1n) is 3.44. The molecule has 0 heterocycles. The fourth-order valence-electron chi connectivity index (χ4n) is 0.139. The van der Waals surface area contributed by atoms with Crippen LogP contribution in [-0.4, -0.2) is 19.6 Å². The molecule has 14 heavy (non-hydrogen) atoms. The maximum Gasteiger partial charge on any atom is 0.478 e. The molecule has 0 aliphatic rings. The van der Waals surface area contributed by atoms with Crippen LogP contribution in [0.3, 0.4) is 0 Å². The Bertz CT molecular complexity index is 241. The molecule has 0 aliphatic heterocycles. The fourth-order valence-corrected chi connectivity index (χ4v) is 1.25. The second-order valence-electron chi connectivity index (χ2n) is 2.37. The summed E-state index contributed by atoms with van der Waals surface area (Å²) in [6, 6.07) is 0. The lowest BCUT2D eigenvalue weighted by atomic mass is 10.3. The number of hydrogen-bond acceptors (Lipinski definition) is 3. The largest absolute Gasteiger partial charge is 0.478 e. The molecule has 0 saturated carbocycles. The molecule has 0 aromatic heterocycles. The van der Waals surface area contributed by atoms with E-state index < -0.39 is 15.6 Å². The van der Waals surface area contributed by atoms with Crippen molar-refractivity contribution in [3.8, 4) is 0 Å². The minimum atomic E-state index is -5.05. The van der Waals surface area contributed by atoms with Gasteiger partial charge in [-0.1, -0.05) is 12.5 Å². The fraction of sp³-hybridized carbons (Fsp3) is 0.600. The molecule has 86 valence electrons. The third-order valence-electron chi connectivity index (χ3n) is 0.816. The third kappa shape index (κ3) is 22.7. The predicted molar refractivity (Wildman–Crippen MR) is 50.3 cm³/mol. The van der Waals surface area contributed by atoms with Gasteiger partial charge in [0.05, 0.1) is 0 Å². The molecule has 0 saturated heterocycles. The molecule has 0 spiro atoms. The summed E-state index contributed by atoms with van der Waals surface area (Å²) in [7, 11) is -10.1. The van der Waals surface area contributed by atoms with E-state index in [4.69, 9.17) is 19.6 Å². The topological polar surface area (TPSA) is 124 Å². The van der Waals surface area contributed by atoms with Gasteiger partial charge in [0.15, 0.2) is 0 Å². The Morgan fingerprint density at radius 2 is 1.43 bits per heavy atom. The molecule has 0 aliphatic carbocycles. The van der Waals surface area contributed by atoms with Crippen molar-refractivity contribution in [3.05, 3.63) is 12.2 Å². The first-order valence-corrected chi connectivity index (χ1v) is 6.51. The highest BCUT2D eigenvalue weighted by molar-refractivity contribution is 7.60. The highest BCUT2D eigenvalue weighted by Crippen LogP contribution is 2.53. The van der Waals surface area contributed by atoms with Crippen molar-refractivity contribution >= 4 is 15.6 Å². The minimum absolute atomic E-state index is 1.11. The summed E-state index contributed by atoms with van der Waals surface area (Å²) < 4.78 is 22.2. The zero-order valence-electron chi connectivity index (χ0n) is 7.82. The van der Waals surface area contributed by atoms with Gasteiger partial charge in [0.25, 0.3) is 0 Å². The van der Waals surface area contributed by atoms with Crippen LogP contribution in [0.2, 0.25) is 0 Å². The summed E-state index contributed by atoms with van der Waals surface area (Å²) in [4.78, 5) is 31.0. The standard InChI is InChI=1S/C5H10.H4O7P2/c1-4-5(2)3;1-8(2,3)7-9(4,5)6/h2,4H2,1,3H3;(H2,1,2,3)(H2,4,5,6). The molecule has 0 bridgehead atoms. The van der Waals surface area contributed by atoms with Crippen LogP contribution in [0.15, 0.2) is 12.2 Å². The summed E-state index contributed by atoms with van der Waals surface area (Å²) in [5.74, 6) is 0. The quantitative estimate of drug-likeness (QED) is 0.436. The van der Waals surface area contributed by atoms with E-state index in [0.717, 1.165) is 6.42 Å². The van der Waals surface area contributed by atoms with Crippen LogP contribution in [0.5, 0.6) is 0 Å². The van der Waals surface area contributed by atoms with Crippen molar-refractivity contribution in [1.29, 1.82) is 0 Å². The molecule has 0 aromatic carbocycles. The molecule has 7 nitrogen and oxygen atoms in total. The average molecular weight is 248 g/mol. The maximum atomic E-state index is 9.63. The molecule has 0 rings (SSSR count). The maximum absolute atomic E-state index is 9.63. The molecule has 0 fully saturated rings. The second kappa shape index (κ2) is 6.48. The van der Waals surface area contributed by atoms with Crippen LogP contribution in [0, 0.1) is 0 Å². The van der Waals surface area contributed by atoms with Crippen LogP contribution >= 0.6 is 15.6 Å². The van der Waals surface area contributed by atoms with E-state index in [1.54, 1.807) is 0 Å². The van der Waals surface area contributed by atoms with E-state index >= 15 is 0 Å². The van der Waals surface area contributed by atoms with Crippen molar-refractivity contribution in [1.82, 2.24) is 0 Å². The molecule has 4 N–H and O–H groups in total. The summed E-state index contributed by atoms with van der Waals surface area (Å²) in [6.45, 7) is 7.80. The van der Waals surface area contributed by atoms with Gasteiger partial charge in [-0.25, -0.2) is 9.13 Å². The van der Waals surface area contributed by atoms with E-state index in [1.165, 1.54) is 5.57 Å². The highest BCUT2D eigenvalue weighted by atomic mass is 31.3. The normalized spacial score (nSPS) is 11.6. The van der Waals surface area contributed by atoms with Crippen molar-refractivity contribution in [3.63, 3.8) is 0 Å². The molecule has 0 amide bonds. The molecule has 0 aromatic rings. The van der Waals surface area contributed by atoms with E-state index in [-0.39, 0.29) is 0 Å². The van der Waals surface area contributed by atoms with Gasteiger partial charge in [0.1, 0.15) is 0 Å². The Morgan fingerprint density at radius 3 is 1.43 bits per heavy atom. The van der Waals surface area contributed by atoms with Crippen molar-refractivity contribution in [2.45, 2.75) is 20.3 Å². The molecule has 0 unspecified atom stereocenters. The van der Waals surface area contributed by atoms with Gasteiger partial charge in [-0.2, -0.15) is 4.31 Å². The third-order valence-corrected chi connectivity index (χ3v) is 2.52. The number of phosphoric acid groups is 2. The van der Waals surface area contributed by atoms with E-state index in [0.29, 0.717) is 0 Å². The molecular weight excluding hydrogens is 234 g/mol. The van der Waals surface area contributed by atoms with Gasteiger partial charge < -0.3 is 19.6 Å². The zero-order chi connectivity index (χ0) is 12.0. The van der Waals surface area contributed by atoms with E-state index in [1.807, 2.05) is 6.92 Å². The highest BCUT2D eigenvalue weighted by Gasteiger charge is 2.27. The van der Waals surface area contributed by atoms with Crippen molar-refractivity contribution in [2.75, 3.05) is 0 Å². The second-order valence-corrected chi connectivity index (χ2v) is 4.99. The molecule has 0 radical (unpaired) electrons. The van der Waals surface area contributed by atoms with Gasteiger partial charge in [-0.05, 0) is 13.3 Å². The van der Waals surface area contributed by atoms with Crippen LogP contribution in [0.25, 0.3) is 0 Å². The van der Waals surface area contributed by atoms with Crippen LogP contribution in [0.4, 0.5) is 0 Å². The Labute approximate surface area is 81.9 Å². The van der Waals surface area contributed by atoms with Crippen LogP contribution in [-0.2, 0) is 13.4 Å². The molecule has 0 atom stereocenters. The zero-order valence-corrected chi connectivity index (χ0v) is 9.61. The van der Waals surface area contributed by atoms with Gasteiger partial charge in [-0.3, -0.25) is 0 Å². The van der Waals surface area contributed by atoms with Crippen LogP contribution < -0.4 is 0 Å². The lowest BCUT2D eigenvalue weighted by Gasteiger charge is -2.03. The summed E-state index contributed by atoms with van der Waals surface area (Å²) in [6.07, 6.45) is 1.11. The Morgan fingerprint density at radius 1 is 1.21 bits per heavy atom. The van der Waals surface area contributed by atoms with Crippen LogP contribution in [0.1, 0.15) is 20.3 Å². The summed E-state index contributed by atoms with van der Waals surface area (Å²) in [5.41, 5.74) is 1.25. The van der Waals surface area contributed by atoms with Crippen molar-refractivity contribution < 1.29 is 33.0 Å². The summed E-state index contributed by atoms with van der Waals surface area (Å²) in [5, 5.41) is 0. The lowest BCUT2D eigenvalue weighted by Crippen LogP contribution is -1.84. The van der Waals surface area contributed by atoms with Gasteiger partial charge >= 0.3 is 15.6 Å². The van der Waals surface area contributed by atoms with Gasteiger partial charge in [0, 0.05) is 0 Å². The number of rotatable bonds is 3. The predicted octanol–water partition coefficient (Wildman–Crippen LogP) is 1.16. The van der Waals surface area contributed by atoms with Gasteiger partial charge in [0.2, 0.25) is 0 Å². The number of hydrogen-bond donors (Lipinski definition) is 4. The SMILES string of the molecule is C=C(C)CC.O=P(O)(O)OP(=O)(O)O. The Kier molecular flexibility index (Phi) is 7.60. The summed E-state index contributed by atoms with van der Waals surface area (Å²) >= 11 is 0. The lowest BCUT2D eigenvalue weighted by molar-refractivity contribution is 0.225. The first kappa shape index (κ1) is 16.4. The first-order chi connectivity index (χ1) is 5.98. The van der Waals surface area contributed by atoms with E-state index in [2.05, 4.69) is 17.8 Å². The Balaban J connectivity index is 0. The Hall–Kier alpha value is -0.0000000000000000971. The monoisotopic (exact) mass is 248 g/mol. The smallest absolute Gasteiger partial charge is 0.302 e. The molecule has 9 heteroatoms. The number of allylic oxidation sites excluding steroid dienone is 1. The molecular formula is C5H14O7P2.